The number of nitrogens with one attached hydrogen (secondary N) is 1. The molecule has 0 aliphatic carbocycles. The number of halogens is 1. The first-order chi connectivity index (χ1) is 14.7. The second kappa shape index (κ2) is 9.24. The zero-order valence-corrected chi connectivity index (χ0v) is 17.6. The van der Waals surface area contributed by atoms with Crippen LogP contribution in [0.4, 0.5) is 0 Å². The Labute approximate surface area is 182 Å². The number of carbonyl (C=O) groups is 1. The summed E-state index contributed by atoms with van der Waals surface area (Å²) in [5.74, 6) is -0.121. The molecule has 1 amide bonds. The predicted molar refractivity (Wildman–Crippen MR) is 122 cm³/mol. The summed E-state index contributed by atoms with van der Waals surface area (Å²) in [5, 5.41) is 3.43. The first-order valence-electron chi connectivity index (χ1n) is 10.1. The van der Waals surface area contributed by atoms with Crippen molar-refractivity contribution in [1.82, 2.24) is 10.2 Å². The van der Waals surface area contributed by atoms with E-state index >= 15 is 0 Å². The summed E-state index contributed by atoms with van der Waals surface area (Å²) in [5.41, 5.74) is 5.18. The molecule has 0 saturated heterocycles. The van der Waals surface area contributed by atoms with Crippen LogP contribution < -0.4 is 5.32 Å². The highest BCUT2D eigenvalue weighted by Crippen LogP contribution is 2.23. The maximum Gasteiger partial charge on any atom is 0.259 e. The Bertz CT molecular complexity index is 1060. The third kappa shape index (κ3) is 4.45. The molecule has 5 heteroatoms. The average molecular weight is 418 g/mol. The topological polar surface area (TPSA) is 44.7 Å². The van der Waals surface area contributed by atoms with Crippen molar-refractivity contribution in [3.8, 4) is 0 Å². The minimum atomic E-state index is -0.627. The molecular weight excluding hydrogens is 394 g/mol. The molecule has 3 aromatic rings. The summed E-state index contributed by atoms with van der Waals surface area (Å²) in [6.07, 6.45) is 0.273. The van der Waals surface area contributed by atoms with E-state index in [1.54, 1.807) is 7.05 Å². The lowest BCUT2D eigenvalue weighted by atomic mass is 9.99. The number of amides is 1. The first-order valence-corrected chi connectivity index (χ1v) is 10.4. The molecule has 152 valence electrons. The zero-order chi connectivity index (χ0) is 20.9. The van der Waals surface area contributed by atoms with Gasteiger partial charge >= 0.3 is 0 Å². The molecular formula is C25H24ClN3O. The molecule has 0 fully saturated rings. The summed E-state index contributed by atoms with van der Waals surface area (Å²) in [6, 6.07) is 25.9. The lowest BCUT2D eigenvalue weighted by Gasteiger charge is -2.33. The molecule has 30 heavy (non-hydrogen) atoms. The number of fused-ring (bicyclic) bond motifs is 1. The molecule has 3 aromatic carbocycles. The van der Waals surface area contributed by atoms with Crippen molar-refractivity contribution >= 4 is 23.2 Å². The fourth-order valence-corrected chi connectivity index (χ4v) is 4.02. The van der Waals surface area contributed by atoms with Gasteiger partial charge in [-0.05, 0) is 29.7 Å². The highest BCUT2D eigenvalue weighted by atomic mass is 35.5. The monoisotopic (exact) mass is 417 g/mol. The fourth-order valence-electron chi connectivity index (χ4n) is 3.83. The van der Waals surface area contributed by atoms with Crippen molar-refractivity contribution in [2.24, 2.45) is 4.99 Å². The van der Waals surface area contributed by atoms with Crippen LogP contribution in [0.1, 0.15) is 22.3 Å². The van der Waals surface area contributed by atoms with Crippen molar-refractivity contribution in [3.05, 3.63) is 106 Å². The Balaban J connectivity index is 1.77. The number of carbonyl (C=O) groups excluding carboxylic acids is 1. The van der Waals surface area contributed by atoms with Gasteiger partial charge in [-0.1, -0.05) is 78.3 Å². The molecule has 0 radical (unpaired) electrons. The maximum atomic E-state index is 12.9. The van der Waals surface area contributed by atoms with Crippen LogP contribution in [0.3, 0.4) is 0 Å². The molecule has 4 rings (SSSR count). The Morgan fingerprint density at radius 1 is 0.967 bits per heavy atom. The van der Waals surface area contributed by atoms with Gasteiger partial charge in [-0.25, -0.2) is 0 Å². The summed E-state index contributed by atoms with van der Waals surface area (Å²) in [7, 11) is 1.66. The van der Waals surface area contributed by atoms with Crippen molar-refractivity contribution in [3.63, 3.8) is 0 Å². The summed E-state index contributed by atoms with van der Waals surface area (Å²) in [6.45, 7) is 1.46. The highest BCUT2D eigenvalue weighted by Gasteiger charge is 2.28. The van der Waals surface area contributed by atoms with Gasteiger partial charge in [0.1, 0.15) is 0 Å². The van der Waals surface area contributed by atoms with Crippen LogP contribution >= 0.6 is 11.6 Å². The van der Waals surface area contributed by atoms with Crippen LogP contribution in [-0.2, 0) is 17.8 Å². The van der Waals surface area contributed by atoms with Gasteiger partial charge in [-0.15, -0.1) is 0 Å². The molecule has 1 heterocycles. The van der Waals surface area contributed by atoms with E-state index in [1.807, 2.05) is 60.7 Å². The molecule has 1 N–H and O–H groups in total. The van der Waals surface area contributed by atoms with E-state index in [1.165, 1.54) is 11.1 Å². The van der Waals surface area contributed by atoms with Crippen molar-refractivity contribution < 1.29 is 4.79 Å². The Morgan fingerprint density at radius 2 is 1.67 bits per heavy atom. The number of nitrogens with zero attached hydrogens (tertiary/aromatic N) is 2. The van der Waals surface area contributed by atoms with E-state index in [4.69, 9.17) is 16.6 Å². The third-order valence-corrected chi connectivity index (χ3v) is 5.62. The van der Waals surface area contributed by atoms with E-state index < -0.39 is 6.17 Å². The molecule has 1 atom stereocenters. The molecule has 0 bridgehead atoms. The maximum absolute atomic E-state index is 12.9. The van der Waals surface area contributed by atoms with Crippen LogP contribution in [-0.4, -0.2) is 36.3 Å². The Hall–Kier alpha value is -2.95. The van der Waals surface area contributed by atoms with E-state index in [0.717, 1.165) is 29.8 Å². The average Bonchev–Trinajstić information content (AvgIpc) is 2.79. The quantitative estimate of drug-likeness (QED) is 0.629. The predicted octanol–water partition coefficient (Wildman–Crippen LogP) is 4.31. The largest absolute Gasteiger partial charge is 0.356 e. The molecule has 1 aliphatic heterocycles. The lowest BCUT2D eigenvalue weighted by Crippen LogP contribution is -2.47. The molecule has 1 unspecified atom stereocenters. The zero-order valence-electron chi connectivity index (χ0n) is 16.9. The standard InChI is InChI=1S/C25H24ClN3O/c1-27-25(30)24(29-15-14-18-8-5-6-11-21(18)17-29)28-23(19-9-3-2-4-10-19)20-12-7-13-22(26)16-20/h2-13,16,24H,14-15,17H2,1H3,(H,27,30)/b28-23-. The van der Waals surface area contributed by atoms with E-state index in [-0.39, 0.29) is 5.91 Å². The SMILES string of the molecule is CNC(=O)C(/N=C(/c1ccccc1)c1cccc(Cl)c1)N1CCc2ccccc2C1. The number of hydrogen-bond acceptors (Lipinski definition) is 3. The van der Waals surface area contributed by atoms with Gasteiger partial charge in [0.25, 0.3) is 5.91 Å². The Kier molecular flexibility index (Phi) is 6.26. The first kappa shape index (κ1) is 20.3. The van der Waals surface area contributed by atoms with Crippen LogP contribution in [0, 0.1) is 0 Å². The summed E-state index contributed by atoms with van der Waals surface area (Å²) >= 11 is 6.26. The van der Waals surface area contributed by atoms with Crippen molar-refractivity contribution in [2.45, 2.75) is 19.1 Å². The number of benzene rings is 3. The lowest BCUT2D eigenvalue weighted by molar-refractivity contribution is -0.126. The van der Waals surface area contributed by atoms with Crippen LogP contribution in [0.15, 0.2) is 83.9 Å². The normalized spacial score (nSPS) is 15.3. The number of aliphatic imine (C=N–C) groups is 1. The van der Waals surface area contributed by atoms with Crippen LogP contribution in [0.5, 0.6) is 0 Å². The van der Waals surface area contributed by atoms with Crippen LogP contribution in [0.2, 0.25) is 5.02 Å². The van der Waals surface area contributed by atoms with Gasteiger partial charge in [0.15, 0.2) is 6.17 Å². The second-order valence-corrected chi connectivity index (χ2v) is 7.77. The van der Waals surface area contributed by atoms with Gasteiger partial charge in [0.2, 0.25) is 0 Å². The van der Waals surface area contributed by atoms with E-state index in [0.29, 0.717) is 11.6 Å². The van der Waals surface area contributed by atoms with Gasteiger partial charge in [-0.2, -0.15) is 0 Å². The van der Waals surface area contributed by atoms with E-state index in [9.17, 15) is 4.79 Å². The number of rotatable bonds is 5. The second-order valence-electron chi connectivity index (χ2n) is 7.33. The van der Waals surface area contributed by atoms with Gasteiger partial charge in [0, 0.05) is 36.3 Å². The van der Waals surface area contributed by atoms with Gasteiger partial charge in [0.05, 0.1) is 5.71 Å². The minimum absolute atomic E-state index is 0.121. The fraction of sp³-hybridized carbons (Fsp3) is 0.200. The molecule has 4 nitrogen and oxygen atoms in total. The van der Waals surface area contributed by atoms with Crippen molar-refractivity contribution in [2.75, 3.05) is 13.6 Å². The van der Waals surface area contributed by atoms with Gasteiger partial charge < -0.3 is 5.32 Å². The molecule has 0 aromatic heterocycles. The number of hydrogen-bond donors (Lipinski definition) is 1. The van der Waals surface area contributed by atoms with Crippen LogP contribution in [0.25, 0.3) is 0 Å². The van der Waals surface area contributed by atoms with Gasteiger partial charge in [-0.3, -0.25) is 14.7 Å². The molecule has 0 saturated carbocycles. The summed E-state index contributed by atoms with van der Waals surface area (Å²) in [4.78, 5) is 20.0. The Morgan fingerprint density at radius 3 is 2.40 bits per heavy atom. The molecule has 0 spiro atoms. The molecule has 1 aliphatic rings. The summed E-state index contributed by atoms with van der Waals surface area (Å²) < 4.78 is 0. The number of likely N-dealkylation sites (N-methyl/N-ethyl adjacent to an activating group) is 1. The minimum Gasteiger partial charge on any atom is -0.356 e. The highest BCUT2D eigenvalue weighted by molar-refractivity contribution is 6.31. The van der Waals surface area contributed by atoms with E-state index in [2.05, 4.69) is 28.4 Å². The third-order valence-electron chi connectivity index (χ3n) is 5.38. The van der Waals surface area contributed by atoms with Crippen molar-refractivity contribution in [1.29, 1.82) is 0 Å². The smallest absolute Gasteiger partial charge is 0.259 e.